The van der Waals surface area contributed by atoms with Gasteiger partial charge in [0.25, 0.3) is 5.91 Å². The van der Waals surface area contributed by atoms with Crippen LogP contribution in [0.1, 0.15) is 51.5 Å². The molecule has 0 aliphatic carbocycles. The average Bonchev–Trinajstić information content (AvgIpc) is 3.22. The average molecular weight is 803 g/mol. The number of alkyl halides is 3. The third kappa shape index (κ3) is 9.32. The molecule has 0 bridgehead atoms. The summed E-state index contributed by atoms with van der Waals surface area (Å²) in [7, 11) is 1.53. The second kappa shape index (κ2) is 18.4. The number of nitrogens with one attached hydrogen (secondary N) is 1. The quantitative estimate of drug-likeness (QED) is 0.0762. The Bertz CT molecular complexity index is 2280. The summed E-state index contributed by atoms with van der Waals surface area (Å²) in [6, 6.07) is 12.9. The maximum atomic E-state index is 15.7. The minimum atomic E-state index is -4.87. The number of hydrazone groups is 1. The van der Waals surface area contributed by atoms with Gasteiger partial charge in [-0.05, 0) is 81.1 Å². The van der Waals surface area contributed by atoms with Gasteiger partial charge in [-0.1, -0.05) is 32.4 Å². The monoisotopic (exact) mass is 802 g/mol. The highest BCUT2D eigenvalue weighted by Crippen LogP contribution is 2.41. The van der Waals surface area contributed by atoms with E-state index in [0.717, 1.165) is 61.1 Å². The van der Waals surface area contributed by atoms with Crippen LogP contribution < -0.4 is 24.5 Å². The van der Waals surface area contributed by atoms with Gasteiger partial charge in [0, 0.05) is 42.5 Å². The van der Waals surface area contributed by atoms with E-state index in [2.05, 4.69) is 27.2 Å². The molecule has 16 heteroatoms. The second-order valence-corrected chi connectivity index (χ2v) is 13.9. The number of methoxy groups -OCH3 is 1. The van der Waals surface area contributed by atoms with Gasteiger partial charge >= 0.3 is 6.18 Å². The van der Waals surface area contributed by atoms with Gasteiger partial charge in [0.1, 0.15) is 5.75 Å². The molecule has 1 amide bonds. The summed E-state index contributed by atoms with van der Waals surface area (Å²) >= 11 is 0. The van der Waals surface area contributed by atoms with Crippen LogP contribution >= 0.6 is 0 Å². The second-order valence-electron chi connectivity index (χ2n) is 13.9. The summed E-state index contributed by atoms with van der Waals surface area (Å²) in [5.41, 5.74) is -2.50. The molecule has 1 fully saturated rings. The van der Waals surface area contributed by atoms with E-state index in [1.807, 2.05) is 6.92 Å². The number of hydrogen-bond acceptors (Lipinski definition) is 11. The molecule has 2 aliphatic rings. The van der Waals surface area contributed by atoms with Crippen molar-refractivity contribution >= 4 is 45.8 Å². The molecule has 0 saturated carbocycles. The summed E-state index contributed by atoms with van der Waals surface area (Å²) in [6.07, 6.45) is 0.770. The standard InChI is InChI=1S/C42H42F4N6O6/c1-4-5-18-51-34(25-53)40(49-52(39(51)26-54)33-10-7-6-9-30(33)42(44,45)46)41(55)48-28-11-12-36(31(43)22-28)58-35-13-16-47-32-24-37(56-3)38(23-29(32)35)57-21-8-17-50-19-14-27(2)15-20-50/h6-7,9-13,16,22-24,27H,4-5,8,14-15,17-21H2,1-3H3,(H,48,55). The maximum absolute atomic E-state index is 15.7. The number of pyridine rings is 1. The van der Waals surface area contributed by atoms with Gasteiger partial charge in [-0.15, -0.1) is 0 Å². The van der Waals surface area contributed by atoms with Crippen molar-refractivity contribution in [3.05, 3.63) is 89.8 Å². The Balaban J connectivity index is 1.23. The van der Waals surface area contributed by atoms with Gasteiger partial charge in [-0.25, -0.2) is 19.0 Å². The predicted molar refractivity (Wildman–Crippen MR) is 210 cm³/mol. The number of rotatable bonds is 14. The maximum Gasteiger partial charge on any atom is 0.418 e. The molecule has 1 saturated heterocycles. The van der Waals surface area contributed by atoms with Gasteiger partial charge in [0.2, 0.25) is 5.82 Å². The van der Waals surface area contributed by atoms with Crippen LogP contribution in [0.3, 0.4) is 0 Å². The largest absolute Gasteiger partial charge is 0.493 e. The van der Waals surface area contributed by atoms with E-state index in [9.17, 15) is 27.6 Å². The summed E-state index contributed by atoms with van der Waals surface area (Å²) in [5, 5.41) is 7.60. The van der Waals surface area contributed by atoms with Crippen molar-refractivity contribution in [2.45, 2.75) is 52.1 Å². The van der Waals surface area contributed by atoms with Gasteiger partial charge in [0.05, 0.1) is 30.5 Å². The normalized spacial score (nSPS) is 15.2. The van der Waals surface area contributed by atoms with Crippen molar-refractivity contribution in [2.75, 3.05) is 50.2 Å². The highest BCUT2D eigenvalue weighted by molar-refractivity contribution is 6.50. The van der Waals surface area contributed by atoms with Crippen LogP contribution in [0, 0.1) is 11.7 Å². The first-order valence-electron chi connectivity index (χ1n) is 18.9. The number of ether oxygens (including phenoxy) is 3. The van der Waals surface area contributed by atoms with Crippen LogP contribution in [0.15, 0.2) is 83.5 Å². The van der Waals surface area contributed by atoms with Crippen LogP contribution in [-0.4, -0.2) is 78.2 Å². The predicted octanol–water partition coefficient (Wildman–Crippen LogP) is 8.00. The first-order valence-corrected chi connectivity index (χ1v) is 18.9. The van der Waals surface area contributed by atoms with E-state index in [1.165, 1.54) is 44.3 Å². The van der Waals surface area contributed by atoms with Crippen molar-refractivity contribution in [1.82, 2.24) is 14.8 Å². The van der Waals surface area contributed by atoms with Crippen LogP contribution in [0.2, 0.25) is 0 Å². The zero-order valence-electron chi connectivity index (χ0n) is 32.2. The van der Waals surface area contributed by atoms with Gasteiger partial charge in [0.15, 0.2) is 46.4 Å². The Hall–Kier alpha value is -6.21. The lowest BCUT2D eigenvalue weighted by Crippen LogP contribution is -2.45. The van der Waals surface area contributed by atoms with Crippen molar-refractivity contribution in [1.29, 1.82) is 0 Å². The number of amides is 1. The molecular weight excluding hydrogens is 760 g/mol. The number of hydrogen-bond donors (Lipinski definition) is 1. The highest BCUT2D eigenvalue weighted by Gasteiger charge is 2.40. The molecule has 304 valence electrons. The number of fused-ring (bicyclic) bond motifs is 1. The minimum absolute atomic E-state index is 0.0500. The van der Waals surface area contributed by atoms with Crippen LogP contribution in [0.25, 0.3) is 10.9 Å². The van der Waals surface area contributed by atoms with Crippen molar-refractivity contribution in [3.8, 4) is 23.0 Å². The molecule has 6 rings (SSSR count). The number of nitrogens with zero attached hydrogens (tertiary/aromatic N) is 5. The molecule has 0 unspecified atom stereocenters. The molecular formula is C42H42F4N6O6. The lowest BCUT2D eigenvalue weighted by molar-refractivity contribution is -0.137. The number of aromatic nitrogens is 1. The Morgan fingerprint density at radius 1 is 0.948 bits per heavy atom. The zero-order chi connectivity index (χ0) is 41.4. The number of carbonyl (C=O) groups is 1. The van der Waals surface area contributed by atoms with Crippen LogP contribution in [-0.2, 0) is 20.6 Å². The molecule has 2 aliphatic heterocycles. The molecule has 1 N–H and O–H groups in total. The van der Waals surface area contributed by atoms with E-state index >= 15 is 4.39 Å². The Kier molecular flexibility index (Phi) is 13.1. The van der Waals surface area contributed by atoms with Gasteiger partial charge < -0.3 is 29.3 Å². The lowest BCUT2D eigenvalue weighted by Gasteiger charge is -2.36. The van der Waals surface area contributed by atoms with E-state index < -0.39 is 46.4 Å². The van der Waals surface area contributed by atoms with E-state index in [4.69, 9.17) is 14.2 Å². The van der Waals surface area contributed by atoms with Crippen LogP contribution in [0.5, 0.6) is 23.0 Å². The van der Waals surface area contributed by atoms with Crippen LogP contribution in [0.4, 0.5) is 28.9 Å². The molecule has 3 heterocycles. The number of anilines is 2. The number of benzene rings is 3. The third-order valence-electron chi connectivity index (χ3n) is 9.88. The summed E-state index contributed by atoms with van der Waals surface area (Å²) in [4.78, 5) is 46.1. The number of para-hydroxylation sites is 1. The van der Waals surface area contributed by atoms with Crippen molar-refractivity contribution in [2.24, 2.45) is 11.0 Å². The Labute approximate surface area is 332 Å². The molecule has 3 aromatic carbocycles. The van der Waals surface area contributed by atoms with Gasteiger partial charge in [-0.3, -0.25) is 9.78 Å². The first-order chi connectivity index (χ1) is 27.9. The molecule has 1 aromatic heterocycles. The molecule has 12 nitrogen and oxygen atoms in total. The fourth-order valence-corrected chi connectivity index (χ4v) is 6.71. The Morgan fingerprint density at radius 3 is 2.41 bits per heavy atom. The Morgan fingerprint density at radius 2 is 1.72 bits per heavy atom. The third-order valence-corrected chi connectivity index (χ3v) is 9.88. The van der Waals surface area contributed by atoms with Gasteiger partial charge in [-0.2, -0.15) is 18.3 Å². The van der Waals surface area contributed by atoms with E-state index in [0.29, 0.717) is 46.9 Å². The summed E-state index contributed by atoms with van der Waals surface area (Å²) in [5.74, 6) is 2.41. The molecule has 4 aromatic rings. The molecule has 0 atom stereocenters. The van der Waals surface area contributed by atoms with E-state index in [-0.39, 0.29) is 23.7 Å². The number of likely N-dealkylation sites (tertiary alicyclic amines) is 1. The summed E-state index contributed by atoms with van der Waals surface area (Å²) < 4.78 is 75.6. The SMILES string of the molecule is CCCCN1C(=C=O)C(C(=O)Nc2ccc(Oc3ccnc4cc(OC)c(OCCCN5CCC(C)CC5)cc34)c(F)c2)=NN(c2ccccc2C(F)(F)F)C1=C=O. The number of piperidine rings is 1. The van der Waals surface area contributed by atoms with E-state index in [1.54, 1.807) is 30.1 Å². The lowest BCUT2D eigenvalue weighted by atomic mass is 9.99. The number of halogens is 4. The zero-order valence-corrected chi connectivity index (χ0v) is 32.2. The minimum Gasteiger partial charge on any atom is -0.493 e. The smallest absolute Gasteiger partial charge is 0.418 e. The van der Waals surface area contributed by atoms with Crippen molar-refractivity contribution < 1.29 is 46.2 Å². The molecule has 0 spiro atoms. The fourth-order valence-electron chi connectivity index (χ4n) is 6.71. The molecule has 0 radical (unpaired) electrons. The first kappa shape index (κ1) is 41.4. The van der Waals surface area contributed by atoms with Crippen molar-refractivity contribution in [3.63, 3.8) is 0 Å². The number of unbranched alkanes of at least 4 members (excludes halogenated alkanes) is 1. The fraction of sp³-hybridized carbons (Fsp3) is 0.357. The highest BCUT2D eigenvalue weighted by atomic mass is 19.4. The number of carbonyl (C=O) groups excluding carboxylic acids is 3. The topological polar surface area (TPSA) is 126 Å². The molecule has 58 heavy (non-hydrogen) atoms. The summed E-state index contributed by atoms with van der Waals surface area (Å²) in [6.45, 7) is 7.56.